The van der Waals surface area contributed by atoms with E-state index in [1.165, 1.54) is 36.5 Å². The third-order valence-electron chi connectivity index (χ3n) is 6.32. The number of amides is 1. The summed E-state index contributed by atoms with van der Waals surface area (Å²) in [6.45, 7) is 5.62. The normalized spacial score (nSPS) is 18.2. The van der Waals surface area contributed by atoms with Crippen molar-refractivity contribution in [2.24, 2.45) is 0 Å². The molecule has 4 rings (SSSR count). The molecule has 1 fully saturated rings. The van der Waals surface area contributed by atoms with Crippen LogP contribution in [0.4, 0.5) is 16.3 Å². The molecular formula is C28H30N4O10. The zero-order chi connectivity index (χ0) is 30.4. The molecule has 42 heavy (non-hydrogen) atoms. The van der Waals surface area contributed by atoms with Crippen LogP contribution in [-0.4, -0.2) is 57.1 Å². The summed E-state index contributed by atoms with van der Waals surface area (Å²) in [7, 11) is 0. The Morgan fingerprint density at radius 1 is 1.12 bits per heavy atom. The number of aliphatic hydroxyl groups is 1. The number of nitrogens with one attached hydrogen (secondary N) is 1. The molecule has 2 heterocycles. The number of hydrogen-bond acceptors (Lipinski definition) is 11. The van der Waals surface area contributed by atoms with Gasteiger partial charge in [0.15, 0.2) is 6.61 Å². The molecule has 1 saturated heterocycles. The number of non-ortho nitro benzene ring substituents is 1. The lowest BCUT2D eigenvalue weighted by Gasteiger charge is -2.19. The van der Waals surface area contributed by atoms with E-state index in [9.17, 15) is 29.6 Å². The van der Waals surface area contributed by atoms with E-state index < -0.39 is 41.1 Å². The molecule has 1 amide bonds. The summed E-state index contributed by atoms with van der Waals surface area (Å²) < 4.78 is 22.3. The summed E-state index contributed by atoms with van der Waals surface area (Å²) in [6.07, 6.45) is -2.65. The van der Waals surface area contributed by atoms with Gasteiger partial charge in [-0.2, -0.15) is 4.98 Å². The van der Waals surface area contributed by atoms with E-state index in [0.717, 1.165) is 10.1 Å². The maximum absolute atomic E-state index is 12.6. The number of nitro groups is 1. The Bertz CT molecular complexity index is 1480. The first kappa shape index (κ1) is 30.1. The highest BCUT2D eigenvalue weighted by Crippen LogP contribution is 2.28. The summed E-state index contributed by atoms with van der Waals surface area (Å²) in [5, 5.41) is 23.6. The highest BCUT2D eigenvalue weighted by molar-refractivity contribution is 5.90. The molecule has 0 aliphatic carbocycles. The second-order valence-electron chi connectivity index (χ2n) is 10.5. The second-order valence-corrected chi connectivity index (χ2v) is 10.5. The zero-order valence-corrected chi connectivity index (χ0v) is 23.1. The Balaban J connectivity index is 1.25. The van der Waals surface area contributed by atoms with Crippen molar-refractivity contribution in [3.63, 3.8) is 0 Å². The first-order valence-electron chi connectivity index (χ1n) is 12.9. The molecule has 14 nitrogen and oxygen atoms in total. The minimum Gasteiger partial charge on any atom is -0.484 e. The number of benzene rings is 2. The smallest absolute Gasteiger partial charge is 0.484 e. The van der Waals surface area contributed by atoms with Crippen LogP contribution in [0.25, 0.3) is 0 Å². The highest BCUT2D eigenvalue weighted by Gasteiger charge is 2.36. The number of anilines is 1. The van der Waals surface area contributed by atoms with Crippen molar-refractivity contribution in [3.8, 4) is 11.5 Å². The van der Waals surface area contributed by atoms with E-state index >= 15 is 0 Å². The molecular weight excluding hydrogens is 552 g/mol. The van der Waals surface area contributed by atoms with Gasteiger partial charge in [-0.25, -0.2) is 9.59 Å². The van der Waals surface area contributed by atoms with Crippen LogP contribution in [0.3, 0.4) is 0 Å². The summed E-state index contributed by atoms with van der Waals surface area (Å²) in [4.78, 5) is 50.9. The fourth-order valence-electron chi connectivity index (χ4n) is 4.03. The van der Waals surface area contributed by atoms with Gasteiger partial charge in [0.2, 0.25) is 0 Å². The minimum atomic E-state index is -1.10. The number of carbonyl (C=O) groups is 2. The van der Waals surface area contributed by atoms with Gasteiger partial charge < -0.3 is 29.4 Å². The fraction of sp³-hybridized carbons (Fsp3) is 0.357. The Morgan fingerprint density at radius 3 is 2.40 bits per heavy atom. The standard InChI is InChI=1S/C28H30N4O10/c1-28(2,3)17-4-8-19(9-5-17)39-16-24(34)29-23-12-13-31(26(35)30-23)25-14-21(33)22(42-25)15-40-27(36)41-20-10-6-18(7-11-20)32(37)38/h4-13,21-22,25,33H,14-16H2,1-3H3,(H,29,30,34,35)/t21-,22+,25+/m0/s1. The topological polar surface area (TPSA) is 181 Å². The van der Waals surface area contributed by atoms with Gasteiger partial charge in [0.1, 0.15) is 36.3 Å². The monoisotopic (exact) mass is 582 g/mol. The second kappa shape index (κ2) is 12.8. The molecule has 2 N–H and O–H groups in total. The van der Waals surface area contributed by atoms with E-state index in [-0.39, 0.29) is 42.3 Å². The summed E-state index contributed by atoms with van der Waals surface area (Å²) in [6, 6.07) is 13.6. The zero-order valence-electron chi connectivity index (χ0n) is 23.1. The van der Waals surface area contributed by atoms with Crippen LogP contribution in [-0.2, 0) is 19.7 Å². The van der Waals surface area contributed by atoms with Crippen LogP contribution in [0.5, 0.6) is 11.5 Å². The molecule has 2 aromatic carbocycles. The van der Waals surface area contributed by atoms with Gasteiger partial charge in [-0.3, -0.25) is 19.5 Å². The SMILES string of the molecule is CC(C)(C)c1ccc(OCC(=O)Nc2ccn([C@H]3C[C@H](O)[C@@H](COC(=O)Oc4ccc([N+](=O)[O-])cc4)O3)c(=O)n2)cc1. The molecule has 0 unspecified atom stereocenters. The van der Waals surface area contributed by atoms with Crippen molar-refractivity contribution in [3.05, 3.63) is 87.0 Å². The number of aliphatic hydroxyl groups excluding tert-OH is 1. The van der Waals surface area contributed by atoms with Gasteiger partial charge in [0.05, 0.1) is 11.0 Å². The predicted octanol–water partition coefficient (Wildman–Crippen LogP) is 3.33. The molecule has 0 radical (unpaired) electrons. The molecule has 1 aromatic heterocycles. The lowest BCUT2D eigenvalue weighted by molar-refractivity contribution is -0.384. The van der Waals surface area contributed by atoms with Gasteiger partial charge in [0, 0.05) is 24.8 Å². The van der Waals surface area contributed by atoms with Crippen LogP contribution in [0, 0.1) is 10.1 Å². The molecule has 1 aliphatic heterocycles. The third kappa shape index (κ3) is 7.89. The minimum absolute atomic E-state index is 0.00908. The van der Waals surface area contributed by atoms with Crippen LogP contribution < -0.4 is 20.5 Å². The predicted molar refractivity (Wildman–Crippen MR) is 147 cm³/mol. The van der Waals surface area contributed by atoms with E-state index in [2.05, 4.69) is 31.1 Å². The Labute approximate surface area is 240 Å². The lowest BCUT2D eigenvalue weighted by atomic mass is 9.87. The number of aromatic nitrogens is 2. The number of nitrogens with zero attached hydrogens (tertiary/aromatic N) is 3. The van der Waals surface area contributed by atoms with Crippen LogP contribution in [0.2, 0.25) is 0 Å². The van der Waals surface area contributed by atoms with Crippen molar-refractivity contribution in [2.45, 2.75) is 51.0 Å². The Hall–Kier alpha value is -4.82. The Kier molecular flexibility index (Phi) is 9.18. The number of ether oxygens (including phenoxy) is 4. The first-order chi connectivity index (χ1) is 19.9. The van der Waals surface area contributed by atoms with E-state index in [0.29, 0.717) is 5.75 Å². The van der Waals surface area contributed by atoms with E-state index in [1.54, 1.807) is 12.1 Å². The van der Waals surface area contributed by atoms with Crippen LogP contribution in [0.15, 0.2) is 65.6 Å². The van der Waals surface area contributed by atoms with Gasteiger partial charge in [-0.1, -0.05) is 32.9 Å². The largest absolute Gasteiger partial charge is 0.513 e. The average Bonchev–Trinajstić information content (AvgIpc) is 3.30. The van der Waals surface area contributed by atoms with E-state index in [1.807, 2.05) is 12.1 Å². The van der Waals surface area contributed by atoms with Crippen LogP contribution >= 0.6 is 0 Å². The number of carbonyl (C=O) groups excluding carboxylic acids is 2. The lowest BCUT2D eigenvalue weighted by Crippen LogP contribution is -2.30. The van der Waals surface area contributed by atoms with E-state index in [4.69, 9.17) is 18.9 Å². The molecule has 0 spiro atoms. The van der Waals surface area contributed by atoms with Crippen molar-refractivity contribution >= 4 is 23.6 Å². The summed E-state index contributed by atoms with van der Waals surface area (Å²) in [5.74, 6) is 0.0596. The summed E-state index contributed by atoms with van der Waals surface area (Å²) >= 11 is 0. The summed E-state index contributed by atoms with van der Waals surface area (Å²) in [5.41, 5.74) is 0.216. The molecule has 14 heteroatoms. The van der Waals surface area contributed by atoms with Crippen molar-refractivity contribution < 1.29 is 38.6 Å². The average molecular weight is 583 g/mol. The third-order valence-corrected chi connectivity index (χ3v) is 6.32. The quantitative estimate of drug-likeness (QED) is 0.163. The van der Waals surface area contributed by atoms with Gasteiger partial charge in [-0.15, -0.1) is 0 Å². The maximum atomic E-state index is 12.6. The van der Waals surface area contributed by atoms with Gasteiger partial charge in [0.25, 0.3) is 11.6 Å². The van der Waals surface area contributed by atoms with Crippen LogP contribution in [0.1, 0.15) is 39.0 Å². The number of rotatable bonds is 9. The van der Waals surface area contributed by atoms with Crippen molar-refractivity contribution in [1.82, 2.24) is 9.55 Å². The maximum Gasteiger partial charge on any atom is 0.513 e. The van der Waals surface area contributed by atoms with Gasteiger partial charge >= 0.3 is 11.8 Å². The molecule has 222 valence electrons. The van der Waals surface area contributed by atoms with Gasteiger partial charge in [-0.05, 0) is 41.3 Å². The number of hydrogen-bond donors (Lipinski definition) is 2. The molecule has 0 saturated carbocycles. The molecule has 1 aliphatic rings. The highest BCUT2D eigenvalue weighted by atomic mass is 16.7. The Morgan fingerprint density at radius 2 is 1.79 bits per heavy atom. The van der Waals surface area contributed by atoms with Crippen molar-refractivity contribution in [1.29, 1.82) is 0 Å². The molecule has 3 aromatic rings. The fourth-order valence-corrected chi connectivity index (χ4v) is 4.03. The molecule has 0 bridgehead atoms. The molecule has 3 atom stereocenters. The first-order valence-corrected chi connectivity index (χ1v) is 12.9. The van der Waals surface area contributed by atoms with Crippen molar-refractivity contribution in [2.75, 3.05) is 18.5 Å². The number of nitro benzene ring substituents is 1.